The first-order valence-electron chi connectivity index (χ1n) is 9.37. The van der Waals surface area contributed by atoms with Crippen LogP contribution in [0.1, 0.15) is 32.1 Å². The third-order valence-electron chi connectivity index (χ3n) is 4.86. The Morgan fingerprint density at radius 2 is 1.88 bits per heavy atom. The maximum atomic E-state index is 12.2. The number of aromatic nitrogens is 1. The number of anilines is 2. The van der Waals surface area contributed by atoms with Crippen molar-refractivity contribution >= 4 is 17.5 Å². The summed E-state index contributed by atoms with van der Waals surface area (Å²) >= 11 is 0. The number of nitrogens with one attached hydrogen (secondary N) is 2. The number of pyridine rings is 1. The molecule has 2 fully saturated rings. The van der Waals surface area contributed by atoms with Crippen LogP contribution < -0.4 is 15.5 Å². The van der Waals surface area contributed by atoms with E-state index >= 15 is 0 Å². The van der Waals surface area contributed by atoms with Gasteiger partial charge in [-0.15, -0.1) is 0 Å². The molecule has 1 atom stereocenters. The standard InChI is InChI=1S/C18H29N5O2/c24-15(14-22-9-2-1-3-10-22)13-20-18(25)21-16-7-6-8-19-17(16)23-11-4-5-12-23/h6-8,15,24H,1-5,9-14H2,(H2,20,21,25)/t15-/m0/s1. The van der Waals surface area contributed by atoms with Crippen LogP contribution in [0.5, 0.6) is 0 Å². The predicted molar refractivity (Wildman–Crippen MR) is 99.0 cm³/mol. The van der Waals surface area contributed by atoms with Gasteiger partial charge in [0.05, 0.1) is 11.8 Å². The molecule has 2 saturated heterocycles. The zero-order valence-electron chi connectivity index (χ0n) is 14.8. The van der Waals surface area contributed by atoms with Crippen molar-refractivity contribution in [3.63, 3.8) is 0 Å². The molecule has 0 aliphatic carbocycles. The van der Waals surface area contributed by atoms with E-state index in [-0.39, 0.29) is 12.6 Å². The van der Waals surface area contributed by atoms with Crippen LogP contribution in [-0.2, 0) is 0 Å². The van der Waals surface area contributed by atoms with Crippen LogP contribution in [0.25, 0.3) is 0 Å². The van der Waals surface area contributed by atoms with E-state index in [4.69, 9.17) is 0 Å². The van der Waals surface area contributed by atoms with Gasteiger partial charge in [0.2, 0.25) is 0 Å². The molecule has 25 heavy (non-hydrogen) atoms. The first-order chi connectivity index (χ1) is 12.2. The van der Waals surface area contributed by atoms with Gasteiger partial charge in [-0.1, -0.05) is 6.42 Å². The lowest BCUT2D eigenvalue weighted by Crippen LogP contribution is -2.43. The molecule has 0 aromatic carbocycles. The van der Waals surface area contributed by atoms with Crippen molar-refractivity contribution in [1.82, 2.24) is 15.2 Å². The van der Waals surface area contributed by atoms with Crippen molar-refractivity contribution < 1.29 is 9.90 Å². The summed E-state index contributed by atoms with van der Waals surface area (Å²) < 4.78 is 0. The average Bonchev–Trinajstić information content (AvgIpc) is 3.16. The second-order valence-corrected chi connectivity index (χ2v) is 6.92. The molecule has 7 nitrogen and oxygen atoms in total. The van der Waals surface area contributed by atoms with E-state index in [1.807, 2.05) is 12.1 Å². The van der Waals surface area contributed by atoms with E-state index in [1.54, 1.807) is 6.20 Å². The van der Waals surface area contributed by atoms with Crippen molar-refractivity contribution in [3.05, 3.63) is 18.3 Å². The Labute approximate surface area is 149 Å². The molecule has 2 aliphatic rings. The van der Waals surface area contributed by atoms with Crippen molar-refractivity contribution in [2.45, 2.75) is 38.2 Å². The summed E-state index contributed by atoms with van der Waals surface area (Å²) in [6.45, 7) is 4.90. The minimum Gasteiger partial charge on any atom is -0.390 e. The van der Waals surface area contributed by atoms with E-state index < -0.39 is 6.10 Å². The molecule has 1 aromatic heterocycles. The fraction of sp³-hybridized carbons (Fsp3) is 0.667. The molecule has 3 N–H and O–H groups in total. The highest BCUT2D eigenvalue weighted by Crippen LogP contribution is 2.25. The molecule has 3 rings (SSSR count). The summed E-state index contributed by atoms with van der Waals surface area (Å²) in [5, 5.41) is 15.8. The number of carbonyl (C=O) groups is 1. The molecule has 1 aromatic rings. The first-order valence-corrected chi connectivity index (χ1v) is 9.37. The molecule has 0 radical (unpaired) electrons. The van der Waals surface area contributed by atoms with Crippen LogP contribution in [0.15, 0.2) is 18.3 Å². The van der Waals surface area contributed by atoms with Gasteiger partial charge in [-0.05, 0) is 50.9 Å². The van der Waals surface area contributed by atoms with Crippen molar-refractivity contribution in [3.8, 4) is 0 Å². The zero-order valence-corrected chi connectivity index (χ0v) is 14.8. The van der Waals surface area contributed by atoms with E-state index in [9.17, 15) is 9.90 Å². The van der Waals surface area contributed by atoms with Gasteiger partial charge in [-0.2, -0.15) is 0 Å². The summed E-state index contributed by atoms with van der Waals surface area (Å²) in [7, 11) is 0. The number of rotatable bonds is 6. The molecule has 2 aliphatic heterocycles. The van der Waals surface area contributed by atoms with Gasteiger partial charge in [-0.3, -0.25) is 0 Å². The van der Waals surface area contributed by atoms with Gasteiger partial charge >= 0.3 is 6.03 Å². The highest BCUT2D eigenvalue weighted by molar-refractivity contribution is 5.92. The van der Waals surface area contributed by atoms with E-state index in [1.165, 1.54) is 19.3 Å². The summed E-state index contributed by atoms with van der Waals surface area (Å²) in [5.41, 5.74) is 0.715. The largest absolute Gasteiger partial charge is 0.390 e. The Morgan fingerprint density at radius 3 is 2.64 bits per heavy atom. The Morgan fingerprint density at radius 1 is 1.16 bits per heavy atom. The topological polar surface area (TPSA) is 80.7 Å². The summed E-state index contributed by atoms with van der Waals surface area (Å²) in [4.78, 5) is 21.1. The molecule has 0 spiro atoms. The second-order valence-electron chi connectivity index (χ2n) is 6.92. The lowest BCUT2D eigenvalue weighted by Gasteiger charge is -2.28. The Balaban J connectivity index is 1.46. The fourth-order valence-corrected chi connectivity index (χ4v) is 3.56. The van der Waals surface area contributed by atoms with Crippen LogP contribution in [0, 0.1) is 0 Å². The maximum absolute atomic E-state index is 12.2. The predicted octanol–water partition coefficient (Wildman–Crippen LogP) is 1.65. The Kier molecular flexibility index (Phi) is 6.47. The molecule has 138 valence electrons. The van der Waals surface area contributed by atoms with Crippen molar-refractivity contribution in [1.29, 1.82) is 0 Å². The number of aliphatic hydroxyl groups excluding tert-OH is 1. The van der Waals surface area contributed by atoms with Gasteiger partial charge in [0.25, 0.3) is 0 Å². The number of hydrogen-bond acceptors (Lipinski definition) is 5. The van der Waals surface area contributed by atoms with Crippen LogP contribution in [0.2, 0.25) is 0 Å². The minimum absolute atomic E-state index is 0.252. The number of hydrogen-bond donors (Lipinski definition) is 3. The van der Waals surface area contributed by atoms with Gasteiger partial charge in [0, 0.05) is 32.4 Å². The zero-order chi connectivity index (χ0) is 17.5. The molecule has 0 bridgehead atoms. The monoisotopic (exact) mass is 347 g/mol. The number of aliphatic hydroxyl groups is 1. The van der Waals surface area contributed by atoms with Gasteiger partial charge in [0.1, 0.15) is 0 Å². The van der Waals surface area contributed by atoms with E-state index in [0.29, 0.717) is 12.2 Å². The van der Waals surface area contributed by atoms with Crippen molar-refractivity contribution in [2.75, 3.05) is 49.5 Å². The lowest BCUT2D eigenvalue weighted by atomic mass is 10.1. The van der Waals surface area contributed by atoms with Crippen LogP contribution in [-0.4, -0.2) is 66.4 Å². The van der Waals surface area contributed by atoms with Crippen LogP contribution in [0.4, 0.5) is 16.3 Å². The maximum Gasteiger partial charge on any atom is 0.319 e. The summed E-state index contributed by atoms with van der Waals surface area (Å²) in [6, 6.07) is 3.39. The quantitative estimate of drug-likeness (QED) is 0.729. The Bertz CT molecular complexity index is 556. The van der Waals surface area contributed by atoms with Crippen LogP contribution >= 0.6 is 0 Å². The number of urea groups is 1. The fourth-order valence-electron chi connectivity index (χ4n) is 3.56. The Hall–Kier alpha value is -1.86. The van der Waals surface area contributed by atoms with Gasteiger partial charge < -0.3 is 25.5 Å². The lowest BCUT2D eigenvalue weighted by molar-refractivity contribution is 0.102. The minimum atomic E-state index is -0.546. The smallest absolute Gasteiger partial charge is 0.319 e. The highest BCUT2D eigenvalue weighted by Gasteiger charge is 2.19. The number of β-amino-alcohol motifs (C(OH)–C–C–N with tert-alkyl or cyclic N) is 1. The van der Waals surface area contributed by atoms with Crippen LogP contribution in [0.3, 0.4) is 0 Å². The summed E-state index contributed by atoms with van der Waals surface area (Å²) in [6.07, 6.45) is 7.19. The van der Waals surface area contributed by atoms with E-state index in [0.717, 1.165) is 44.8 Å². The third kappa shape index (κ3) is 5.31. The van der Waals surface area contributed by atoms with E-state index in [2.05, 4.69) is 25.4 Å². The number of nitrogens with zero attached hydrogens (tertiary/aromatic N) is 3. The molecule has 7 heteroatoms. The highest BCUT2D eigenvalue weighted by atomic mass is 16.3. The number of likely N-dealkylation sites (tertiary alicyclic amines) is 1. The molecule has 0 unspecified atom stereocenters. The molecule has 2 amide bonds. The SMILES string of the molecule is O=C(NC[C@H](O)CN1CCCCC1)Nc1cccnc1N1CCCC1. The molecule has 0 saturated carbocycles. The van der Waals surface area contributed by atoms with Gasteiger partial charge in [-0.25, -0.2) is 9.78 Å². The normalized spacial score (nSPS) is 19.6. The molecular weight excluding hydrogens is 318 g/mol. The van der Waals surface area contributed by atoms with Gasteiger partial charge in [0.15, 0.2) is 5.82 Å². The number of amides is 2. The summed E-state index contributed by atoms with van der Waals surface area (Å²) in [5.74, 6) is 0.823. The molecular formula is C18H29N5O2. The molecule has 3 heterocycles. The third-order valence-corrected chi connectivity index (χ3v) is 4.86. The first kappa shape index (κ1) is 17.9. The number of carbonyl (C=O) groups excluding carboxylic acids is 1. The van der Waals surface area contributed by atoms with Crippen molar-refractivity contribution in [2.24, 2.45) is 0 Å². The second kappa shape index (κ2) is 9.01. The average molecular weight is 347 g/mol. The number of piperidine rings is 1.